The molecular formula is C22H29NO2. The molecule has 0 atom stereocenters. The minimum Gasteiger partial charge on any atom is -0.497 e. The van der Waals surface area contributed by atoms with Crippen LogP contribution in [0.3, 0.4) is 0 Å². The van der Waals surface area contributed by atoms with Crippen molar-refractivity contribution in [1.29, 1.82) is 0 Å². The molecule has 3 rings (SSSR count). The highest BCUT2D eigenvalue weighted by Crippen LogP contribution is 2.34. The molecule has 3 heteroatoms. The number of likely N-dealkylation sites (N-methyl/N-ethyl adjacent to an activating group) is 1. The third kappa shape index (κ3) is 4.16. The Kier molecular flexibility index (Phi) is 5.64. The first-order valence-electron chi connectivity index (χ1n) is 9.12. The van der Waals surface area contributed by atoms with Gasteiger partial charge in [0.2, 0.25) is 0 Å². The van der Waals surface area contributed by atoms with Crippen molar-refractivity contribution in [2.75, 3.05) is 27.8 Å². The van der Waals surface area contributed by atoms with Gasteiger partial charge >= 0.3 is 0 Å². The monoisotopic (exact) mass is 339 g/mol. The Hall–Kier alpha value is -2.00. The fourth-order valence-electron chi connectivity index (χ4n) is 3.99. The van der Waals surface area contributed by atoms with E-state index in [1.165, 1.54) is 36.9 Å². The van der Waals surface area contributed by atoms with Gasteiger partial charge in [-0.3, -0.25) is 0 Å². The first-order chi connectivity index (χ1) is 12.1. The van der Waals surface area contributed by atoms with Crippen LogP contribution in [0.2, 0.25) is 0 Å². The standard InChI is InChI=1S/C22H29NO2/c1-23-15-5-4-14-22(23,16-18-6-10-20(24-2)11-7-18)17-19-8-12-21(25-3)13-9-19/h6-13H,4-5,14-17H2,1-3H3. The number of nitrogens with zero attached hydrogens (tertiary/aromatic N) is 1. The van der Waals surface area contributed by atoms with Gasteiger partial charge in [0, 0.05) is 5.54 Å². The van der Waals surface area contributed by atoms with Crippen molar-refractivity contribution in [1.82, 2.24) is 4.90 Å². The summed E-state index contributed by atoms with van der Waals surface area (Å²) in [5.41, 5.74) is 2.94. The van der Waals surface area contributed by atoms with E-state index < -0.39 is 0 Å². The summed E-state index contributed by atoms with van der Waals surface area (Å²) in [7, 11) is 5.72. The van der Waals surface area contributed by atoms with Crippen molar-refractivity contribution < 1.29 is 9.47 Å². The summed E-state index contributed by atoms with van der Waals surface area (Å²) in [5.74, 6) is 1.84. The van der Waals surface area contributed by atoms with E-state index in [0.29, 0.717) is 0 Å². The Labute approximate surface area is 151 Å². The maximum atomic E-state index is 5.30. The van der Waals surface area contributed by atoms with E-state index in [2.05, 4.69) is 60.5 Å². The average molecular weight is 339 g/mol. The number of rotatable bonds is 6. The van der Waals surface area contributed by atoms with Crippen LogP contribution in [0.1, 0.15) is 30.4 Å². The minimum absolute atomic E-state index is 0.182. The number of hydrogen-bond acceptors (Lipinski definition) is 3. The molecule has 134 valence electrons. The van der Waals surface area contributed by atoms with Crippen molar-refractivity contribution in [2.24, 2.45) is 0 Å². The number of methoxy groups -OCH3 is 2. The molecule has 0 amide bonds. The summed E-state index contributed by atoms with van der Waals surface area (Å²) >= 11 is 0. The first-order valence-corrected chi connectivity index (χ1v) is 9.12. The largest absolute Gasteiger partial charge is 0.497 e. The van der Waals surface area contributed by atoms with Gasteiger partial charge in [-0.2, -0.15) is 0 Å². The number of ether oxygens (including phenoxy) is 2. The second-order valence-electron chi connectivity index (χ2n) is 7.15. The third-order valence-corrected chi connectivity index (χ3v) is 5.58. The van der Waals surface area contributed by atoms with E-state index >= 15 is 0 Å². The Morgan fingerprint density at radius 2 is 1.28 bits per heavy atom. The van der Waals surface area contributed by atoms with Gasteiger partial charge in [0.25, 0.3) is 0 Å². The predicted molar refractivity (Wildman–Crippen MR) is 103 cm³/mol. The highest BCUT2D eigenvalue weighted by atomic mass is 16.5. The van der Waals surface area contributed by atoms with Crippen LogP contribution < -0.4 is 9.47 Å². The second kappa shape index (κ2) is 7.92. The van der Waals surface area contributed by atoms with Crippen LogP contribution in [0, 0.1) is 0 Å². The van der Waals surface area contributed by atoms with Crippen LogP contribution in [0.4, 0.5) is 0 Å². The summed E-state index contributed by atoms with van der Waals surface area (Å²) in [4.78, 5) is 2.57. The van der Waals surface area contributed by atoms with Crippen molar-refractivity contribution >= 4 is 0 Å². The molecule has 0 aromatic heterocycles. The van der Waals surface area contributed by atoms with E-state index in [4.69, 9.17) is 9.47 Å². The molecule has 0 N–H and O–H groups in total. The van der Waals surface area contributed by atoms with E-state index in [1.807, 2.05) is 0 Å². The Balaban J connectivity index is 1.83. The van der Waals surface area contributed by atoms with Gasteiger partial charge in [0.05, 0.1) is 14.2 Å². The van der Waals surface area contributed by atoms with Crippen molar-refractivity contribution in [3.63, 3.8) is 0 Å². The fourth-order valence-corrected chi connectivity index (χ4v) is 3.99. The lowest BCUT2D eigenvalue weighted by Gasteiger charge is -2.46. The zero-order valence-corrected chi connectivity index (χ0v) is 15.6. The topological polar surface area (TPSA) is 21.7 Å². The van der Waals surface area contributed by atoms with Gasteiger partial charge < -0.3 is 14.4 Å². The summed E-state index contributed by atoms with van der Waals surface area (Å²) in [6.45, 7) is 1.17. The van der Waals surface area contributed by atoms with Gasteiger partial charge in [-0.25, -0.2) is 0 Å². The molecule has 0 aliphatic carbocycles. The van der Waals surface area contributed by atoms with Crippen LogP contribution in [0.15, 0.2) is 48.5 Å². The fraction of sp³-hybridized carbons (Fsp3) is 0.455. The van der Waals surface area contributed by atoms with E-state index in [-0.39, 0.29) is 5.54 Å². The molecule has 0 saturated carbocycles. The van der Waals surface area contributed by atoms with Crippen LogP contribution in [0.25, 0.3) is 0 Å². The van der Waals surface area contributed by atoms with Crippen LogP contribution in [0.5, 0.6) is 11.5 Å². The number of likely N-dealkylation sites (tertiary alicyclic amines) is 1. The second-order valence-corrected chi connectivity index (χ2v) is 7.15. The molecule has 0 spiro atoms. The number of piperidine rings is 1. The first kappa shape index (κ1) is 17.8. The van der Waals surface area contributed by atoms with Crippen molar-refractivity contribution in [2.45, 2.75) is 37.6 Å². The number of benzene rings is 2. The van der Waals surface area contributed by atoms with Crippen molar-refractivity contribution in [3.05, 3.63) is 59.7 Å². The molecule has 0 radical (unpaired) electrons. The van der Waals surface area contributed by atoms with Crippen LogP contribution in [-0.4, -0.2) is 38.3 Å². The summed E-state index contributed by atoms with van der Waals surface area (Å²) < 4.78 is 10.6. The van der Waals surface area contributed by atoms with Gasteiger partial charge in [-0.15, -0.1) is 0 Å². The maximum Gasteiger partial charge on any atom is 0.118 e. The molecule has 3 nitrogen and oxygen atoms in total. The van der Waals surface area contributed by atoms with Gasteiger partial charge in [0.1, 0.15) is 11.5 Å². The minimum atomic E-state index is 0.182. The molecule has 1 aliphatic heterocycles. The molecule has 2 aromatic rings. The molecular weight excluding hydrogens is 310 g/mol. The van der Waals surface area contributed by atoms with Gasteiger partial charge in [-0.05, 0) is 74.7 Å². The Bertz CT molecular complexity index is 614. The van der Waals surface area contributed by atoms with E-state index in [0.717, 1.165) is 24.3 Å². The third-order valence-electron chi connectivity index (χ3n) is 5.58. The predicted octanol–water partition coefficient (Wildman–Crippen LogP) is 4.34. The molecule has 0 bridgehead atoms. The lowest BCUT2D eigenvalue weighted by atomic mass is 9.77. The Morgan fingerprint density at radius 3 is 1.68 bits per heavy atom. The molecule has 1 fully saturated rings. The summed E-state index contributed by atoms with van der Waals surface area (Å²) in [6, 6.07) is 17.1. The molecule has 2 aromatic carbocycles. The summed E-state index contributed by atoms with van der Waals surface area (Å²) in [5, 5.41) is 0. The lowest BCUT2D eigenvalue weighted by Crippen LogP contribution is -2.52. The smallest absolute Gasteiger partial charge is 0.118 e. The SMILES string of the molecule is COc1ccc(CC2(Cc3ccc(OC)cc3)CCCCN2C)cc1. The molecule has 0 unspecified atom stereocenters. The van der Waals surface area contributed by atoms with Crippen LogP contribution in [-0.2, 0) is 12.8 Å². The molecule has 1 saturated heterocycles. The average Bonchev–Trinajstić information content (AvgIpc) is 2.65. The van der Waals surface area contributed by atoms with Crippen molar-refractivity contribution in [3.8, 4) is 11.5 Å². The summed E-state index contributed by atoms with van der Waals surface area (Å²) in [6.07, 6.45) is 5.97. The Morgan fingerprint density at radius 1 is 0.800 bits per heavy atom. The highest BCUT2D eigenvalue weighted by Gasteiger charge is 2.36. The van der Waals surface area contributed by atoms with E-state index in [1.54, 1.807) is 14.2 Å². The normalized spacial score (nSPS) is 17.2. The van der Waals surface area contributed by atoms with E-state index in [9.17, 15) is 0 Å². The zero-order chi connectivity index (χ0) is 17.7. The molecule has 1 heterocycles. The number of hydrogen-bond donors (Lipinski definition) is 0. The van der Waals surface area contributed by atoms with Crippen LogP contribution >= 0.6 is 0 Å². The zero-order valence-electron chi connectivity index (χ0n) is 15.6. The quantitative estimate of drug-likeness (QED) is 0.781. The maximum absolute atomic E-state index is 5.30. The molecule has 1 aliphatic rings. The lowest BCUT2D eigenvalue weighted by molar-refractivity contribution is 0.0726. The highest BCUT2D eigenvalue weighted by molar-refractivity contribution is 5.31. The van der Waals surface area contributed by atoms with Gasteiger partial charge in [-0.1, -0.05) is 30.7 Å². The molecule has 25 heavy (non-hydrogen) atoms. The van der Waals surface area contributed by atoms with Gasteiger partial charge in [0.15, 0.2) is 0 Å².